The maximum absolute atomic E-state index is 2.68. The Hall–Kier alpha value is -7.36. The Bertz CT molecular complexity index is 3250. The van der Waals surface area contributed by atoms with Crippen LogP contribution in [0.3, 0.4) is 0 Å². The lowest BCUT2D eigenvalue weighted by Gasteiger charge is -2.55. The van der Waals surface area contributed by atoms with E-state index in [2.05, 4.69) is 256 Å². The number of para-hydroxylation sites is 4. The zero-order valence-electron chi connectivity index (χ0n) is 37.4. The lowest BCUT2D eigenvalue weighted by molar-refractivity contribution is 0.567. The van der Waals surface area contributed by atoms with E-state index in [4.69, 9.17) is 0 Å². The first kappa shape index (κ1) is 38.3. The molecule has 0 aromatic heterocycles. The first-order chi connectivity index (χ1) is 31.0. The Balaban J connectivity index is 1.09. The molecule has 0 atom stereocenters. The highest BCUT2D eigenvalue weighted by Gasteiger charge is 2.52. The smallest absolute Gasteiger partial charge is 0.0545 e. The van der Waals surface area contributed by atoms with Gasteiger partial charge in [-0.15, -0.1) is 0 Å². The Labute approximate surface area is 377 Å². The standard InChI is InChI=1S/C61H51N3/c1-59(2)49-29-19-30-50-56(49)64-57-51(59)36-42(40-32-34-46(35-33-40)62(43-22-10-7-11-23-43)44-24-12-8-13-25-44)37-52(57)61(5,6)54-39-47(38-53(58(54)64)60(50,3)4)63(45-26-14-9-15-27-45)55-31-18-21-41-20-16-17-28-48(41)55/h7-39H,1-6H3. The van der Waals surface area contributed by atoms with Gasteiger partial charge in [0.2, 0.25) is 0 Å². The second-order valence-corrected chi connectivity index (χ2v) is 19.4. The molecule has 12 rings (SSSR count). The molecule has 3 heterocycles. The summed E-state index contributed by atoms with van der Waals surface area (Å²) < 4.78 is 0. The predicted octanol–water partition coefficient (Wildman–Crippen LogP) is 16.8. The van der Waals surface area contributed by atoms with Crippen LogP contribution in [0, 0.1) is 0 Å². The Morgan fingerprint density at radius 2 is 0.719 bits per heavy atom. The van der Waals surface area contributed by atoms with Crippen LogP contribution in [0.2, 0.25) is 0 Å². The largest absolute Gasteiger partial charge is 0.311 e. The van der Waals surface area contributed by atoms with Gasteiger partial charge in [-0.2, -0.15) is 0 Å². The molecule has 0 fully saturated rings. The van der Waals surface area contributed by atoms with E-state index in [1.54, 1.807) is 0 Å². The van der Waals surface area contributed by atoms with Crippen LogP contribution in [-0.4, -0.2) is 0 Å². The van der Waals surface area contributed by atoms with Gasteiger partial charge in [0.05, 0.1) is 22.7 Å². The van der Waals surface area contributed by atoms with E-state index in [1.807, 2.05) is 0 Å². The van der Waals surface area contributed by atoms with Gasteiger partial charge in [0, 0.05) is 50.1 Å². The summed E-state index contributed by atoms with van der Waals surface area (Å²) >= 11 is 0. The van der Waals surface area contributed by atoms with Gasteiger partial charge in [0.15, 0.2) is 0 Å². The summed E-state index contributed by atoms with van der Waals surface area (Å²) in [5.74, 6) is 0. The summed E-state index contributed by atoms with van der Waals surface area (Å²) in [4.78, 5) is 7.51. The topological polar surface area (TPSA) is 9.72 Å². The number of hydrogen-bond acceptors (Lipinski definition) is 3. The van der Waals surface area contributed by atoms with Crippen molar-refractivity contribution in [3.63, 3.8) is 0 Å². The minimum Gasteiger partial charge on any atom is -0.311 e. The van der Waals surface area contributed by atoms with E-state index in [9.17, 15) is 0 Å². The third kappa shape index (κ3) is 5.46. The Kier molecular flexibility index (Phi) is 8.28. The monoisotopic (exact) mass is 825 g/mol. The normalized spacial score (nSPS) is 15.4. The van der Waals surface area contributed by atoms with E-state index in [0.717, 1.165) is 22.7 Å². The average Bonchev–Trinajstić information content (AvgIpc) is 3.32. The number of fused-ring (bicyclic) bond motifs is 1. The minimum atomic E-state index is -0.342. The molecular weight excluding hydrogens is 775 g/mol. The van der Waals surface area contributed by atoms with Crippen molar-refractivity contribution in [3.05, 3.63) is 234 Å². The fourth-order valence-electron chi connectivity index (χ4n) is 11.3. The van der Waals surface area contributed by atoms with E-state index in [1.165, 1.54) is 83.7 Å². The van der Waals surface area contributed by atoms with E-state index >= 15 is 0 Å². The maximum Gasteiger partial charge on any atom is 0.0545 e. The van der Waals surface area contributed by atoms with Crippen molar-refractivity contribution in [2.75, 3.05) is 14.7 Å². The molecular formula is C61H51N3. The van der Waals surface area contributed by atoms with Crippen molar-refractivity contribution in [2.24, 2.45) is 0 Å². The van der Waals surface area contributed by atoms with Gasteiger partial charge in [-0.25, -0.2) is 0 Å². The number of hydrogen-bond donors (Lipinski definition) is 0. The Morgan fingerprint density at radius 1 is 0.312 bits per heavy atom. The highest BCUT2D eigenvalue weighted by molar-refractivity contribution is 6.03. The maximum atomic E-state index is 2.68. The number of anilines is 9. The molecule has 0 saturated heterocycles. The molecule has 9 aromatic rings. The van der Waals surface area contributed by atoms with Gasteiger partial charge in [-0.05, 0) is 129 Å². The number of rotatable bonds is 7. The lowest BCUT2D eigenvalue weighted by Crippen LogP contribution is -2.43. The molecule has 0 unspecified atom stereocenters. The van der Waals surface area contributed by atoms with Crippen LogP contribution in [0.1, 0.15) is 74.9 Å². The average molecular weight is 826 g/mol. The molecule has 64 heavy (non-hydrogen) atoms. The van der Waals surface area contributed by atoms with Crippen LogP contribution >= 0.6 is 0 Å². The van der Waals surface area contributed by atoms with E-state index in [0.29, 0.717) is 0 Å². The number of benzene rings is 9. The van der Waals surface area contributed by atoms with Crippen molar-refractivity contribution < 1.29 is 0 Å². The molecule has 3 nitrogen and oxygen atoms in total. The first-order valence-corrected chi connectivity index (χ1v) is 22.7. The van der Waals surface area contributed by atoms with Crippen LogP contribution in [0.4, 0.5) is 51.2 Å². The van der Waals surface area contributed by atoms with Gasteiger partial charge in [-0.1, -0.05) is 163 Å². The number of nitrogens with zero attached hydrogens (tertiary/aromatic N) is 3. The van der Waals surface area contributed by atoms with Gasteiger partial charge in [-0.3, -0.25) is 0 Å². The van der Waals surface area contributed by atoms with Gasteiger partial charge < -0.3 is 14.7 Å². The SMILES string of the molecule is CC1(C)c2cccc3c2N2c4c1cc(-c1ccc(N(c5ccccc5)c5ccccc5)cc1)cc4C(C)(C)c1cc(N(c4ccccc4)c4cccc5ccccc45)cc(c12)C3(C)C. The van der Waals surface area contributed by atoms with Crippen molar-refractivity contribution in [2.45, 2.75) is 57.8 Å². The van der Waals surface area contributed by atoms with Gasteiger partial charge in [0.1, 0.15) is 0 Å². The molecule has 3 heteroatoms. The van der Waals surface area contributed by atoms with E-state index in [-0.39, 0.29) is 16.2 Å². The molecule has 3 aliphatic rings. The summed E-state index contributed by atoms with van der Waals surface area (Å²) in [5.41, 5.74) is 20.7. The fourth-order valence-corrected chi connectivity index (χ4v) is 11.3. The molecule has 0 radical (unpaired) electrons. The Morgan fingerprint density at radius 3 is 1.27 bits per heavy atom. The second-order valence-electron chi connectivity index (χ2n) is 19.4. The van der Waals surface area contributed by atoms with Crippen molar-refractivity contribution in [1.29, 1.82) is 0 Å². The van der Waals surface area contributed by atoms with Crippen molar-refractivity contribution in [1.82, 2.24) is 0 Å². The zero-order chi connectivity index (χ0) is 43.5. The lowest BCUT2D eigenvalue weighted by atomic mass is 9.60. The third-order valence-electron chi connectivity index (χ3n) is 14.7. The highest BCUT2D eigenvalue weighted by Crippen LogP contribution is 2.67. The second kappa shape index (κ2) is 13.8. The molecule has 310 valence electrons. The molecule has 0 aliphatic carbocycles. The van der Waals surface area contributed by atoms with Crippen LogP contribution in [0.15, 0.2) is 200 Å². The summed E-state index contributed by atoms with van der Waals surface area (Å²) in [5, 5.41) is 2.46. The van der Waals surface area contributed by atoms with E-state index < -0.39 is 0 Å². The molecule has 0 N–H and O–H groups in total. The molecule has 0 bridgehead atoms. The van der Waals surface area contributed by atoms with Gasteiger partial charge >= 0.3 is 0 Å². The molecule has 0 saturated carbocycles. The third-order valence-corrected chi connectivity index (χ3v) is 14.7. The van der Waals surface area contributed by atoms with Crippen LogP contribution in [0.5, 0.6) is 0 Å². The fraction of sp³-hybridized carbons (Fsp3) is 0.148. The highest BCUT2D eigenvalue weighted by atomic mass is 15.2. The van der Waals surface area contributed by atoms with Crippen LogP contribution in [-0.2, 0) is 16.2 Å². The summed E-state index contributed by atoms with van der Waals surface area (Å²) in [7, 11) is 0. The summed E-state index contributed by atoms with van der Waals surface area (Å²) in [6.07, 6.45) is 0. The predicted molar refractivity (Wildman–Crippen MR) is 270 cm³/mol. The molecule has 0 spiro atoms. The van der Waals surface area contributed by atoms with Crippen LogP contribution in [0.25, 0.3) is 21.9 Å². The molecule has 0 amide bonds. The van der Waals surface area contributed by atoms with Crippen molar-refractivity contribution in [3.8, 4) is 11.1 Å². The zero-order valence-corrected chi connectivity index (χ0v) is 37.4. The summed E-state index contributed by atoms with van der Waals surface area (Å²) in [6, 6.07) is 74.0. The molecule has 9 aromatic carbocycles. The van der Waals surface area contributed by atoms with Crippen molar-refractivity contribution >= 4 is 62.0 Å². The first-order valence-electron chi connectivity index (χ1n) is 22.7. The molecule has 3 aliphatic heterocycles. The quantitative estimate of drug-likeness (QED) is 0.158. The van der Waals surface area contributed by atoms with Gasteiger partial charge in [0.25, 0.3) is 0 Å². The van der Waals surface area contributed by atoms with Crippen LogP contribution < -0.4 is 14.7 Å². The summed E-state index contributed by atoms with van der Waals surface area (Å²) in [6.45, 7) is 14.7. The minimum absolute atomic E-state index is 0.237.